The van der Waals surface area contributed by atoms with E-state index in [0.29, 0.717) is 12.1 Å². The number of thioether (sulfide) groups is 1. The average Bonchev–Trinajstić information content (AvgIpc) is 2.58. The average molecular weight is 314 g/mol. The molecule has 0 fully saturated rings. The second kappa shape index (κ2) is 7.45. The number of benzene rings is 2. The van der Waals surface area contributed by atoms with Gasteiger partial charge >= 0.3 is 0 Å². The van der Waals surface area contributed by atoms with Crippen molar-refractivity contribution in [3.8, 4) is 0 Å². The van der Waals surface area contributed by atoms with Crippen molar-refractivity contribution in [3.05, 3.63) is 71.5 Å². The molecule has 2 aromatic rings. The molecule has 2 aromatic carbocycles. The number of hydrogen-bond donors (Lipinski definition) is 0. The molecule has 0 bridgehead atoms. The van der Waals surface area contributed by atoms with Crippen LogP contribution >= 0.6 is 11.8 Å². The fourth-order valence-corrected chi connectivity index (χ4v) is 3.42. The number of aliphatic imine (C=N–C) groups is 1. The lowest BCUT2D eigenvalue weighted by Crippen LogP contribution is -2.30. The molecule has 0 unspecified atom stereocenters. The van der Waals surface area contributed by atoms with Gasteiger partial charge in [0.05, 0.1) is 0 Å². The first kappa shape index (κ1) is 15.1. The first-order valence-corrected chi connectivity index (χ1v) is 8.51. The number of nitrogens with zero attached hydrogens (tertiary/aromatic N) is 2. The van der Waals surface area contributed by atoms with Crippen LogP contribution in [0.15, 0.2) is 59.6 Å². The molecule has 0 aromatic heterocycles. The van der Waals surface area contributed by atoms with E-state index in [1.54, 1.807) is 17.8 Å². The zero-order valence-electron chi connectivity index (χ0n) is 12.4. The Hall–Kier alpha value is -1.81. The van der Waals surface area contributed by atoms with E-state index >= 15 is 0 Å². The van der Waals surface area contributed by atoms with E-state index in [0.717, 1.165) is 30.4 Å². The van der Waals surface area contributed by atoms with E-state index in [1.807, 2.05) is 30.3 Å². The Labute approximate surface area is 135 Å². The van der Waals surface area contributed by atoms with Crippen molar-refractivity contribution in [1.29, 1.82) is 0 Å². The second-order valence-corrected chi connectivity index (χ2v) is 6.36. The topological polar surface area (TPSA) is 15.6 Å². The van der Waals surface area contributed by atoms with Gasteiger partial charge in [0, 0.05) is 31.0 Å². The molecule has 0 aliphatic carbocycles. The quantitative estimate of drug-likeness (QED) is 0.835. The highest BCUT2D eigenvalue weighted by Gasteiger charge is 2.17. The molecule has 0 amide bonds. The van der Waals surface area contributed by atoms with Crippen molar-refractivity contribution in [2.75, 3.05) is 12.3 Å². The zero-order chi connectivity index (χ0) is 15.2. The molecule has 0 N–H and O–H groups in total. The molecule has 1 aliphatic heterocycles. The first-order valence-electron chi connectivity index (χ1n) is 7.52. The molecule has 0 radical (unpaired) electrons. The zero-order valence-corrected chi connectivity index (χ0v) is 13.2. The SMILES string of the molecule is Fc1ccccc1CN(Cc1ccccc1)C1=NCCCS1. The van der Waals surface area contributed by atoms with Gasteiger partial charge in [0.25, 0.3) is 0 Å². The van der Waals surface area contributed by atoms with Gasteiger partial charge in [0.2, 0.25) is 0 Å². The van der Waals surface area contributed by atoms with Crippen LogP contribution in [-0.4, -0.2) is 22.4 Å². The van der Waals surface area contributed by atoms with Crippen molar-refractivity contribution in [3.63, 3.8) is 0 Å². The van der Waals surface area contributed by atoms with Crippen LogP contribution in [0.1, 0.15) is 17.5 Å². The molecule has 1 heterocycles. The van der Waals surface area contributed by atoms with Crippen LogP contribution in [0.25, 0.3) is 0 Å². The summed E-state index contributed by atoms with van der Waals surface area (Å²) in [5, 5.41) is 1.03. The standard InChI is InChI=1S/C18H19FN2S/c19-17-10-5-4-9-16(17)14-21(18-20-11-6-12-22-18)13-15-7-2-1-3-8-15/h1-5,7-10H,6,11-14H2. The number of amidine groups is 1. The van der Waals surface area contributed by atoms with Gasteiger partial charge < -0.3 is 4.90 Å². The summed E-state index contributed by atoms with van der Waals surface area (Å²) in [4.78, 5) is 6.81. The minimum Gasteiger partial charge on any atom is -0.343 e. The molecule has 3 rings (SSSR count). The van der Waals surface area contributed by atoms with Crippen LogP contribution < -0.4 is 0 Å². The van der Waals surface area contributed by atoms with Crippen LogP contribution in [-0.2, 0) is 13.1 Å². The molecule has 0 saturated heterocycles. The van der Waals surface area contributed by atoms with Crippen LogP contribution in [0.5, 0.6) is 0 Å². The maximum Gasteiger partial charge on any atom is 0.159 e. The van der Waals surface area contributed by atoms with Crippen molar-refractivity contribution in [2.24, 2.45) is 4.99 Å². The van der Waals surface area contributed by atoms with Gasteiger partial charge in [-0.2, -0.15) is 0 Å². The molecule has 1 aliphatic rings. The van der Waals surface area contributed by atoms with E-state index in [-0.39, 0.29) is 5.82 Å². The Bertz CT molecular complexity index is 643. The molecule has 114 valence electrons. The highest BCUT2D eigenvalue weighted by Crippen LogP contribution is 2.21. The molecule has 0 saturated carbocycles. The van der Waals surface area contributed by atoms with E-state index in [1.165, 1.54) is 11.6 Å². The van der Waals surface area contributed by atoms with Gasteiger partial charge in [-0.25, -0.2) is 4.39 Å². The van der Waals surface area contributed by atoms with Crippen molar-refractivity contribution >= 4 is 16.9 Å². The van der Waals surface area contributed by atoms with Gasteiger partial charge in [-0.05, 0) is 18.1 Å². The summed E-state index contributed by atoms with van der Waals surface area (Å²) in [6, 6.07) is 17.3. The summed E-state index contributed by atoms with van der Waals surface area (Å²) in [6.45, 7) is 2.17. The van der Waals surface area contributed by atoms with E-state index < -0.39 is 0 Å². The van der Waals surface area contributed by atoms with Crippen LogP contribution in [0.4, 0.5) is 4.39 Å². The minimum atomic E-state index is -0.151. The molecule has 0 spiro atoms. The predicted octanol–water partition coefficient (Wildman–Crippen LogP) is 4.32. The summed E-state index contributed by atoms with van der Waals surface area (Å²) in [6.07, 6.45) is 1.12. The lowest BCUT2D eigenvalue weighted by Gasteiger charge is -2.28. The lowest BCUT2D eigenvalue weighted by atomic mass is 10.1. The third-order valence-corrected chi connectivity index (χ3v) is 4.72. The Kier molecular flexibility index (Phi) is 5.11. The van der Waals surface area contributed by atoms with Gasteiger partial charge in [0.15, 0.2) is 5.17 Å². The third-order valence-electron chi connectivity index (χ3n) is 3.59. The van der Waals surface area contributed by atoms with Gasteiger partial charge in [-0.15, -0.1) is 0 Å². The highest BCUT2D eigenvalue weighted by atomic mass is 32.2. The van der Waals surface area contributed by atoms with E-state index in [9.17, 15) is 4.39 Å². The highest BCUT2D eigenvalue weighted by molar-refractivity contribution is 8.13. The predicted molar refractivity (Wildman–Crippen MR) is 91.5 cm³/mol. The maximum atomic E-state index is 14.0. The van der Waals surface area contributed by atoms with Crippen molar-refractivity contribution in [1.82, 2.24) is 4.90 Å². The number of halogens is 1. The third kappa shape index (κ3) is 3.89. The molecule has 22 heavy (non-hydrogen) atoms. The van der Waals surface area contributed by atoms with E-state index in [4.69, 9.17) is 0 Å². The summed E-state index contributed by atoms with van der Waals surface area (Å²) < 4.78 is 14.0. The van der Waals surface area contributed by atoms with Crippen molar-refractivity contribution in [2.45, 2.75) is 19.5 Å². The molecular formula is C18H19FN2S. The monoisotopic (exact) mass is 314 g/mol. The smallest absolute Gasteiger partial charge is 0.159 e. The normalized spacial score (nSPS) is 14.5. The number of hydrogen-bond acceptors (Lipinski definition) is 3. The second-order valence-electron chi connectivity index (χ2n) is 5.30. The minimum absolute atomic E-state index is 0.151. The fraction of sp³-hybridized carbons (Fsp3) is 0.278. The Morgan fingerprint density at radius 1 is 1.00 bits per heavy atom. The molecule has 0 atom stereocenters. The molecule has 2 nitrogen and oxygen atoms in total. The van der Waals surface area contributed by atoms with Crippen molar-refractivity contribution < 1.29 is 4.39 Å². The van der Waals surface area contributed by atoms with Crippen LogP contribution in [0.3, 0.4) is 0 Å². The van der Waals surface area contributed by atoms with Gasteiger partial charge in [-0.3, -0.25) is 4.99 Å². The lowest BCUT2D eigenvalue weighted by molar-refractivity contribution is 0.402. The maximum absolute atomic E-state index is 14.0. The summed E-state index contributed by atoms with van der Waals surface area (Å²) in [5.41, 5.74) is 1.93. The number of rotatable bonds is 4. The Morgan fingerprint density at radius 3 is 2.50 bits per heavy atom. The Morgan fingerprint density at radius 2 is 1.77 bits per heavy atom. The molecule has 4 heteroatoms. The Balaban J connectivity index is 1.82. The fourth-order valence-electron chi connectivity index (χ4n) is 2.47. The largest absolute Gasteiger partial charge is 0.343 e. The summed E-state index contributed by atoms with van der Waals surface area (Å²) >= 11 is 1.77. The first-order chi connectivity index (χ1) is 10.8. The van der Waals surface area contributed by atoms with Crippen LogP contribution in [0, 0.1) is 5.82 Å². The van der Waals surface area contributed by atoms with Gasteiger partial charge in [-0.1, -0.05) is 60.3 Å². The van der Waals surface area contributed by atoms with Gasteiger partial charge in [0.1, 0.15) is 5.82 Å². The van der Waals surface area contributed by atoms with E-state index in [2.05, 4.69) is 22.0 Å². The summed E-state index contributed by atoms with van der Waals surface area (Å²) in [5.74, 6) is 0.934. The summed E-state index contributed by atoms with van der Waals surface area (Å²) in [7, 11) is 0. The van der Waals surface area contributed by atoms with Crippen LogP contribution in [0.2, 0.25) is 0 Å². The molecular weight excluding hydrogens is 295 g/mol.